The minimum absolute atomic E-state index is 0.878. The Morgan fingerprint density at radius 1 is 0.947 bits per heavy atom. The molecule has 3 aromatic rings. The summed E-state index contributed by atoms with van der Waals surface area (Å²) in [5.74, 6) is 0. The van der Waals surface area contributed by atoms with Gasteiger partial charge in [0, 0.05) is 12.4 Å². The summed E-state index contributed by atoms with van der Waals surface area (Å²) in [6.45, 7) is 0. The molecule has 2 heterocycles. The Morgan fingerprint density at radius 2 is 1.74 bits per heavy atom. The van der Waals surface area contributed by atoms with E-state index < -0.39 is 0 Å². The third kappa shape index (κ3) is 2.71. The fourth-order valence-electron chi connectivity index (χ4n) is 1.71. The number of pyridine rings is 1. The molecule has 0 saturated carbocycles. The summed E-state index contributed by atoms with van der Waals surface area (Å²) >= 11 is 0. The molecule has 0 fully saturated rings. The van der Waals surface area contributed by atoms with Crippen molar-refractivity contribution in [2.45, 2.75) is 0 Å². The Morgan fingerprint density at radius 3 is 2.53 bits per heavy atom. The van der Waals surface area contributed by atoms with Gasteiger partial charge in [-0.05, 0) is 35.4 Å². The maximum atomic E-state index is 4.38. The average Bonchev–Trinajstić information content (AvgIpc) is 3.00. The molecule has 0 aliphatic carbocycles. The highest BCUT2D eigenvalue weighted by atomic mass is 15.2. The van der Waals surface area contributed by atoms with Crippen LogP contribution in [0, 0.1) is 0 Å². The normalized spacial score (nSPS) is 10.9. The molecule has 19 heavy (non-hydrogen) atoms. The first-order chi connectivity index (χ1) is 9.42. The summed E-state index contributed by atoms with van der Waals surface area (Å²) in [4.78, 5) is 8.39. The summed E-state index contributed by atoms with van der Waals surface area (Å²) in [5, 5.41) is 7.43. The molecule has 92 valence electrons. The van der Waals surface area contributed by atoms with Crippen LogP contribution in [0.3, 0.4) is 0 Å². The van der Waals surface area contributed by atoms with Gasteiger partial charge in [0.25, 0.3) is 0 Å². The number of rotatable bonds is 3. The second-order valence-corrected chi connectivity index (χ2v) is 3.94. The van der Waals surface area contributed by atoms with Crippen LogP contribution in [0.2, 0.25) is 0 Å². The van der Waals surface area contributed by atoms with Gasteiger partial charge in [0.05, 0.1) is 5.69 Å². The largest absolute Gasteiger partial charge is 0.278 e. The Kier molecular flexibility index (Phi) is 3.10. The number of hydrogen-bond acceptors (Lipinski definition) is 4. The lowest BCUT2D eigenvalue weighted by molar-refractivity contribution is 1.09. The number of benzene rings is 1. The van der Waals surface area contributed by atoms with Crippen molar-refractivity contribution >= 4 is 12.0 Å². The van der Waals surface area contributed by atoms with Gasteiger partial charge in [0.15, 0.2) is 0 Å². The molecule has 5 nitrogen and oxygen atoms in total. The lowest BCUT2D eigenvalue weighted by Gasteiger charge is -2.01. The van der Waals surface area contributed by atoms with E-state index in [1.807, 2.05) is 36.4 Å². The van der Waals surface area contributed by atoms with E-state index >= 15 is 0 Å². The van der Waals surface area contributed by atoms with E-state index in [4.69, 9.17) is 0 Å². The fraction of sp³-hybridized carbons (Fsp3) is 0. The summed E-state index contributed by atoms with van der Waals surface area (Å²) in [6, 6.07) is 12.0. The van der Waals surface area contributed by atoms with Crippen molar-refractivity contribution in [1.29, 1.82) is 0 Å². The molecule has 5 heteroatoms. The minimum Gasteiger partial charge on any atom is -0.278 e. The Balaban J connectivity index is 1.88. The lowest BCUT2D eigenvalue weighted by Crippen LogP contribution is -1.89. The molecule has 2 aromatic heterocycles. The minimum atomic E-state index is 0.878. The third-order valence-corrected chi connectivity index (χ3v) is 2.64. The van der Waals surface area contributed by atoms with Crippen molar-refractivity contribution in [1.82, 2.24) is 19.7 Å². The second kappa shape index (κ2) is 5.22. The zero-order chi connectivity index (χ0) is 12.9. The standard InChI is InChI=1S/C14H11N5/c1-2-13(12-4-6-15-7-5-12)8-14(3-1)16-9-19-10-17-18-11-19/h1-11H. The molecule has 0 N–H and O–H groups in total. The van der Waals surface area contributed by atoms with Crippen LogP contribution in [0.4, 0.5) is 5.69 Å². The summed E-state index contributed by atoms with van der Waals surface area (Å²) in [6.07, 6.45) is 8.42. The molecule has 0 radical (unpaired) electrons. The van der Waals surface area contributed by atoms with E-state index in [1.54, 1.807) is 36.0 Å². The van der Waals surface area contributed by atoms with Crippen LogP contribution in [0.5, 0.6) is 0 Å². The quantitative estimate of drug-likeness (QED) is 0.529. The Hall–Kier alpha value is -2.82. The first kappa shape index (κ1) is 11.3. The Labute approximate surface area is 110 Å². The number of aliphatic imine (C=N–C) groups is 1. The van der Waals surface area contributed by atoms with E-state index in [0.29, 0.717) is 0 Å². The van der Waals surface area contributed by atoms with Crippen molar-refractivity contribution in [2.24, 2.45) is 4.99 Å². The molecule has 0 spiro atoms. The highest BCUT2D eigenvalue weighted by Crippen LogP contribution is 2.23. The van der Waals surface area contributed by atoms with Crippen LogP contribution in [-0.2, 0) is 0 Å². The molecule has 0 unspecified atom stereocenters. The number of hydrogen-bond donors (Lipinski definition) is 0. The molecule has 0 bridgehead atoms. The van der Waals surface area contributed by atoms with Gasteiger partial charge in [-0.2, -0.15) is 0 Å². The lowest BCUT2D eigenvalue weighted by atomic mass is 10.1. The van der Waals surface area contributed by atoms with Crippen LogP contribution >= 0.6 is 0 Å². The fourth-order valence-corrected chi connectivity index (χ4v) is 1.71. The van der Waals surface area contributed by atoms with Crippen LogP contribution in [-0.4, -0.2) is 26.1 Å². The van der Waals surface area contributed by atoms with Gasteiger partial charge in [0.1, 0.15) is 19.0 Å². The molecular weight excluding hydrogens is 238 g/mol. The van der Waals surface area contributed by atoms with Crippen molar-refractivity contribution in [2.75, 3.05) is 0 Å². The number of nitrogens with zero attached hydrogens (tertiary/aromatic N) is 5. The average molecular weight is 249 g/mol. The van der Waals surface area contributed by atoms with Crippen LogP contribution in [0.25, 0.3) is 11.1 Å². The predicted molar refractivity (Wildman–Crippen MR) is 73.2 cm³/mol. The monoisotopic (exact) mass is 249 g/mol. The molecule has 0 atom stereocenters. The summed E-state index contributed by atoms with van der Waals surface area (Å²) in [7, 11) is 0. The van der Waals surface area contributed by atoms with E-state index in [-0.39, 0.29) is 0 Å². The molecule has 0 aliphatic heterocycles. The van der Waals surface area contributed by atoms with E-state index in [0.717, 1.165) is 16.8 Å². The van der Waals surface area contributed by atoms with Crippen LogP contribution in [0.1, 0.15) is 0 Å². The van der Waals surface area contributed by atoms with Gasteiger partial charge in [-0.15, -0.1) is 10.2 Å². The molecule has 0 amide bonds. The zero-order valence-electron chi connectivity index (χ0n) is 10.1. The van der Waals surface area contributed by atoms with Crippen molar-refractivity contribution in [3.63, 3.8) is 0 Å². The molecule has 0 aliphatic rings. The Bertz CT molecular complexity index is 674. The molecule has 1 aromatic carbocycles. The maximum Gasteiger partial charge on any atom is 0.124 e. The topological polar surface area (TPSA) is 56.0 Å². The number of aromatic nitrogens is 4. The highest BCUT2D eigenvalue weighted by molar-refractivity contribution is 5.69. The summed E-state index contributed by atoms with van der Waals surface area (Å²) in [5.41, 5.74) is 3.11. The zero-order valence-corrected chi connectivity index (χ0v) is 10.1. The van der Waals surface area contributed by atoms with Gasteiger partial charge >= 0.3 is 0 Å². The highest BCUT2D eigenvalue weighted by Gasteiger charge is 1.97. The second-order valence-electron chi connectivity index (χ2n) is 3.94. The smallest absolute Gasteiger partial charge is 0.124 e. The maximum absolute atomic E-state index is 4.38. The van der Waals surface area contributed by atoms with Crippen LogP contribution < -0.4 is 0 Å². The van der Waals surface area contributed by atoms with Gasteiger partial charge in [-0.1, -0.05) is 12.1 Å². The van der Waals surface area contributed by atoms with Crippen LogP contribution in [0.15, 0.2) is 66.4 Å². The van der Waals surface area contributed by atoms with Crippen molar-refractivity contribution < 1.29 is 0 Å². The first-order valence-electron chi connectivity index (χ1n) is 5.80. The van der Waals surface area contributed by atoms with Gasteiger partial charge in [0.2, 0.25) is 0 Å². The SMILES string of the molecule is C(=Nc1cccc(-c2ccncc2)c1)n1cnnc1. The third-order valence-electron chi connectivity index (χ3n) is 2.64. The predicted octanol–water partition coefficient (Wildman–Crippen LogP) is 2.55. The van der Waals surface area contributed by atoms with Gasteiger partial charge in [-0.3, -0.25) is 9.55 Å². The van der Waals surface area contributed by atoms with Crippen molar-refractivity contribution in [3.05, 3.63) is 61.4 Å². The molecular formula is C14H11N5. The molecule has 3 rings (SSSR count). The molecule has 0 saturated heterocycles. The first-order valence-corrected chi connectivity index (χ1v) is 5.80. The van der Waals surface area contributed by atoms with E-state index in [9.17, 15) is 0 Å². The van der Waals surface area contributed by atoms with Gasteiger partial charge < -0.3 is 0 Å². The van der Waals surface area contributed by atoms with Gasteiger partial charge in [-0.25, -0.2) is 4.99 Å². The van der Waals surface area contributed by atoms with E-state index in [1.165, 1.54) is 0 Å². The van der Waals surface area contributed by atoms with E-state index in [2.05, 4.69) is 20.2 Å². The van der Waals surface area contributed by atoms with Crippen molar-refractivity contribution in [3.8, 4) is 11.1 Å². The summed E-state index contributed by atoms with van der Waals surface area (Å²) < 4.78 is 1.69.